The lowest BCUT2D eigenvalue weighted by Crippen LogP contribution is -2.29. The summed E-state index contributed by atoms with van der Waals surface area (Å²) in [6.45, 7) is 5.13. The minimum atomic E-state index is -0.352. The molecule has 0 aliphatic rings. The number of aryl methyl sites for hydroxylation is 1. The summed E-state index contributed by atoms with van der Waals surface area (Å²) in [4.78, 5) is 9.39. The summed E-state index contributed by atoms with van der Waals surface area (Å²) in [6.07, 6.45) is 1.60. The molecule has 0 amide bonds. The first-order chi connectivity index (χ1) is 12.8. The van der Waals surface area contributed by atoms with Crippen molar-refractivity contribution in [1.29, 1.82) is 0 Å². The smallest absolute Gasteiger partial charge is 0.198 e. The summed E-state index contributed by atoms with van der Waals surface area (Å²) in [7, 11) is 4.11. The predicted octanol–water partition coefficient (Wildman–Crippen LogP) is 4.43. The van der Waals surface area contributed by atoms with E-state index in [4.69, 9.17) is 0 Å². The predicted molar refractivity (Wildman–Crippen MR) is 110 cm³/mol. The molecule has 0 aliphatic heterocycles. The molecule has 0 spiro atoms. The minimum absolute atomic E-state index is 0.0214. The second-order valence-electron chi connectivity index (χ2n) is 7.14. The van der Waals surface area contributed by atoms with E-state index in [1.54, 1.807) is 12.3 Å². The molecule has 1 aromatic heterocycles. The molecule has 5 nitrogen and oxygen atoms in total. The van der Waals surface area contributed by atoms with Crippen molar-refractivity contribution in [3.63, 3.8) is 0 Å². The molecule has 27 heavy (non-hydrogen) atoms. The summed E-state index contributed by atoms with van der Waals surface area (Å²) in [5.41, 5.74) is 4.05. The number of nitrogens with one attached hydrogen (secondary N) is 2. The molecule has 3 aromatic rings. The van der Waals surface area contributed by atoms with Gasteiger partial charge in [-0.3, -0.25) is 4.99 Å². The van der Waals surface area contributed by atoms with Gasteiger partial charge in [-0.2, -0.15) is 0 Å². The lowest BCUT2D eigenvalue weighted by Gasteiger charge is -2.20. The van der Waals surface area contributed by atoms with Crippen molar-refractivity contribution in [2.24, 2.45) is 4.99 Å². The van der Waals surface area contributed by atoms with Gasteiger partial charge >= 0.3 is 0 Å². The molecule has 0 saturated heterocycles. The average Bonchev–Trinajstić information content (AvgIpc) is 2.88. The van der Waals surface area contributed by atoms with E-state index >= 15 is 0 Å². The van der Waals surface area contributed by atoms with Gasteiger partial charge in [0, 0.05) is 29.9 Å². The first kappa shape index (κ1) is 18.9. The van der Waals surface area contributed by atoms with Crippen molar-refractivity contribution < 1.29 is 9.50 Å². The standard InChI is InChI=1S/C21H25FN4O/c1-13-9-16(6-8-19(13)24-14(2)12-26(3)4)23-11-18-17-7-5-15(22)10-20(17)25-21(18)27/h5-11,14,24-25,27H,12H2,1-4H3. The van der Waals surface area contributed by atoms with Crippen LogP contribution in [-0.4, -0.2) is 47.9 Å². The zero-order chi connectivity index (χ0) is 19.6. The molecule has 0 radical (unpaired) electrons. The van der Waals surface area contributed by atoms with Gasteiger partial charge in [-0.15, -0.1) is 0 Å². The maximum absolute atomic E-state index is 13.3. The van der Waals surface area contributed by atoms with Crippen molar-refractivity contribution in [3.05, 3.63) is 53.3 Å². The monoisotopic (exact) mass is 368 g/mol. The maximum atomic E-state index is 13.3. The van der Waals surface area contributed by atoms with Crippen LogP contribution in [0.15, 0.2) is 41.4 Å². The van der Waals surface area contributed by atoms with Crippen LogP contribution < -0.4 is 5.32 Å². The number of aromatic hydroxyl groups is 1. The fraction of sp³-hybridized carbons (Fsp3) is 0.286. The van der Waals surface area contributed by atoms with Gasteiger partial charge in [0.1, 0.15) is 5.82 Å². The van der Waals surface area contributed by atoms with Crippen LogP contribution in [0.2, 0.25) is 0 Å². The highest BCUT2D eigenvalue weighted by molar-refractivity contribution is 6.02. The Morgan fingerprint density at radius 2 is 2.04 bits per heavy atom. The van der Waals surface area contributed by atoms with Crippen molar-refractivity contribution in [2.45, 2.75) is 19.9 Å². The van der Waals surface area contributed by atoms with Crippen LogP contribution in [-0.2, 0) is 0 Å². The second kappa shape index (κ2) is 7.80. The Morgan fingerprint density at radius 3 is 2.74 bits per heavy atom. The highest BCUT2D eigenvalue weighted by Crippen LogP contribution is 2.28. The number of halogens is 1. The van der Waals surface area contributed by atoms with E-state index in [1.807, 2.05) is 25.1 Å². The van der Waals surface area contributed by atoms with Crippen LogP contribution in [0.25, 0.3) is 10.9 Å². The van der Waals surface area contributed by atoms with E-state index in [2.05, 4.69) is 41.2 Å². The molecular formula is C21H25FN4O. The third-order valence-electron chi connectivity index (χ3n) is 4.37. The van der Waals surface area contributed by atoms with Gasteiger partial charge in [0.2, 0.25) is 0 Å². The molecule has 0 saturated carbocycles. The van der Waals surface area contributed by atoms with Crippen LogP contribution in [0.1, 0.15) is 18.1 Å². The van der Waals surface area contributed by atoms with E-state index < -0.39 is 0 Å². The summed E-state index contributed by atoms with van der Waals surface area (Å²) >= 11 is 0. The number of hydrogen-bond acceptors (Lipinski definition) is 4. The van der Waals surface area contributed by atoms with E-state index in [-0.39, 0.29) is 11.7 Å². The van der Waals surface area contributed by atoms with Crippen molar-refractivity contribution >= 4 is 28.5 Å². The zero-order valence-corrected chi connectivity index (χ0v) is 16.0. The average molecular weight is 368 g/mol. The Labute approximate surface area is 158 Å². The summed E-state index contributed by atoms with van der Waals surface area (Å²) < 4.78 is 13.3. The quantitative estimate of drug-likeness (QED) is 0.564. The summed E-state index contributed by atoms with van der Waals surface area (Å²) in [6, 6.07) is 10.6. The van der Waals surface area contributed by atoms with Crippen LogP contribution in [0.3, 0.4) is 0 Å². The number of aliphatic imine (C=N–C) groups is 1. The van der Waals surface area contributed by atoms with Gasteiger partial charge in [0.25, 0.3) is 0 Å². The number of aromatic nitrogens is 1. The Hall–Kier alpha value is -2.86. The van der Waals surface area contributed by atoms with E-state index in [9.17, 15) is 9.50 Å². The number of fused-ring (bicyclic) bond motifs is 1. The Balaban J connectivity index is 1.80. The van der Waals surface area contributed by atoms with Gasteiger partial charge in [0.05, 0.1) is 16.8 Å². The molecule has 3 N–H and O–H groups in total. The number of hydrogen-bond donors (Lipinski definition) is 3. The van der Waals surface area contributed by atoms with E-state index in [1.165, 1.54) is 12.1 Å². The molecule has 1 heterocycles. The van der Waals surface area contributed by atoms with Crippen LogP contribution in [0, 0.1) is 12.7 Å². The van der Waals surface area contributed by atoms with Crippen LogP contribution in [0.5, 0.6) is 5.88 Å². The third-order valence-corrected chi connectivity index (χ3v) is 4.37. The maximum Gasteiger partial charge on any atom is 0.198 e. The number of rotatable bonds is 6. The first-order valence-corrected chi connectivity index (χ1v) is 8.89. The minimum Gasteiger partial charge on any atom is -0.494 e. The molecule has 1 atom stereocenters. The Morgan fingerprint density at radius 1 is 1.26 bits per heavy atom. The molecule has 0 fully saturated rings. The van der Waals surface area contributed by atoms with Crippen molar-refractivity contribution in [3.8, 4) is 5.88 Å². The zero-order valence-electron chi connectivity index (χ0n) is 16.0. The number of anilines is 1. The first-order valence-electron chi connectivity index (χ1n) is 8.89. The fourth-order valence-electron chi connectivity index (χ4n) is 3.20. The lowest BCUT2D eigenvalue weighted by molar-refractivity contribution is 0.392. The molecule has 0 aliphatic carbocycles. The second-order valence-corrected chi connectivity index (χ2v) is 7.14. The topological polar surface area (TPSA) is 63.7 Å². The Kier molecular flexibility index (Phi) is 5.46. The molecule has 3 rings (SSSR count). The van der Waals surface area contributed by atoms with E-state index in [0.29, 0.717) is 17.1 Å². The van der Waals surface area contributed by atoms with Gasteiger partial charge < -0.3 is 20.3 Å². The molecule has 6 heteroatoms. The highest BCUT2D eigenvalue weighted by atomic mass is 19.1. The SMILES string of the molecule is Cc1cc(N=Cc2c(O)[nH]c3cc(F)ccc23)ccc1NC(C)CN(C)C. The third kappa shape index (κ3) is 4.46. The number of likely N-dealkylation sites (N-methyl/N-ethyl adjacent to an activating group) is 1. The van der Waals surface area contributed by atoms with Crippen molar-refractivity contribution in [2.75, 3.05) is 26.0 Å². The van der Waals surface area contributed by atoms with Crippen molar-refractivity contribution in [1.82, 2.24) is 9.88 Å². The lowest BCUT2D eigenvalue weighted by atomic mass is 10.1. The molecular weight excluding hydrogens is 343 g/mol. The number of H-pyrrole nitrogens is 1. The fourth-order valence-corrected chi connectivity index (χ4v) is 3.20. The van der Waals surface area contributed by atoms with Gasteiger partial charge in [-0.1, -0.05) is 0 Å². The highest BCUT2D eigenvalue weighted by Gasteiger charge is 2.10. The Bertz CT molecular complexity index is 978. The van der Waals surface area contributed by atoms with E-state index in [0.717, 1.165) is 28.9 Å². The summed E-state index contributed by atoms with van der Waals surface area (Å²) in [5.74, 6) is -0.374. The van der Waals surface area contributed by atoms with Crippen LogP contribution in [0.4, 0.5) is 15.8 Å². The molecule has 0 bridgehead atoms. The van der Waals surface area contributed by atoms with Gasteiger partial charge in [0.15, 0.2) is 5.88 Å². The number of nitrogens with zero attached hydrogens (tertiary/aromatic N) is 2. The summed E-state index contributed by atoms with van der Waals surface area (Å²) in [5, 5.41) is 14.3. The molecule has 2 aromatic carbocycles. The largest absolute Gasteiger partial charge is 0.494 e. The number of aromatic amines is 1. The van der Waals surface area contributed by atoms with Gasteiger partial charge in [-0.25, -0.2) is 4.39 Å². The molecule has 1 unspecified atom stereocenters. The number of benzene rings is 2. The van der Waals surface area contributed by atoms with Gasteiger partial charge in [-0.05, 0) is 69.9 Å². The molecule has 142 valence electrons. The van der Waals surface area contributed by atoms with Crippen LogP contribution >= 0.6 is 0 Å². The normalized spacial score (nSPS) is 13.0.